The van der Waals surface area contributed by atoms with Crippen LogP contribution in [-0.4, -0.2) is 40.6 Å². The van der Waals surface area contributed by atoms with Crippen LogP contribution in [0.1, 0.15) is 47.1 Å². The first-order valence-corrected chi connectivity index (χ1v) is 12.1. The number of aliphatic hydroxyl groups excluding tert-OH is 2. The van der Waals surface area contributed by atoms with Crippen molar-refractivity contribution in [3.8, 4) is 16.5 Å². The smallest absolute Gasteiger partial charge is 0.190 e. The molecule has 0 bridgehead atoms. The van der Waals surface area contributed by atoms with Crippen molar-refractivity contribution in [3.63, 3.8) is 0 Å². The zero-order valence-corrected chi connectivity index (χ0v) is 20.1. The highest BCUT2D eigenvalue weighted by molar-refractivity contribution is 7.15. The lowest BCUT2D eigenvalue weighted by molar-refractivity contribution is -0.226. The second kappa shape index (κ2) is 8.90. The Balaban J connectivity index is 1.33. The first-order chi connectivity index (χ1) is 16.2. The Bertz CT molecular complexity index is 1250. The van der Waals surface area contributed by atoms with Crippen molar-refractivity contribution in [3.05, 3.63) is 81.7 Å². The van der Waals surface area contributed by atoms with Crippen molar-refractivity contribution in [2.45, 2.75) is 63.7 Å². The zero-order valence-electron chi connectivity index (χ0n) is 19.3. The van der Waals surface area contributed by atoms with Crippen LogP contribution in [0.5, 0.6) is 0 Å². The summed E-state index contributed by atoms with van der Waals surface area (Å²) in [6.45, 7) is 5.59. The Hall–Kier alpha value is -2.57. The quantitative estimate of drug-likeness (QED) is 0.564. The third kappa shape index (κ3) is 4.41. The Labute approximate surface area is 203 Å². The average molecular weight is 478 g/mol. The largest absolute Gasteiger partial charge is 0.387 e. The van der Waals surface area contributed by atoms with Crippen LogP contribution in [0.15, 0.2) is 54.6 Å². The molecule has 0 saturated carbocycles. The van der Waals surface area contributed by atoms with Gasteiger partial charge < -0.3 is 24.4 Å². The van der Waals surface area contributed by atoms with E-state index in [0.717, 1.165) is 28.0 Å². The first kappa shape index (κ1) is 23.2. The van der Waals surface area contributed by atoms with Gasteiger partial charge in [-0.2, -0.15) is 5.26 Å². The fourth-order valence-electron chi connectivity index (χ4n) is 4.59. The molecular formula is C27H27NO5S. The summed E-state index contributed by atoms with van der Waals surface area (Å²) in [4.78, 5) is 2.29. The van der Waals surface area contributed by atoms with Crippen LogP contribution in [0, 0.1) is 18.3 Å². The summed E-state index contributed by atoms with van der Waals surface area (Å²) in [5.41, 5.74) is 4.57. The average Bonchev–Trinajstić information content (AvgIpc) is 3.48. The molecule has 1 aromatic heterocycles. The van der Waals surface area contributed by atoms with Crippen molar-refractivity contribution >= 4 is 11.3 Å². The van der Waals surface area contributed by atoms with E-state index in [0.29, 0.717) is 11.1 Å². The van der Waals surface area contributed by atoms with Crippen LogP contribution in [-0.2, 0) is 20.6 Å². The molecule has 5 rings (SSSR count). The monoisotopic (exact) mass is 477 g/mol. The Morgan fingerprint density at radius 1 is 1.12 bits per heavy atom. The van der Waals surface area contributed by atoms with Crippen LogP contribution >= 0.6 is 11.3 Å². The molecule has 5 atom stereocenters. The number of hydrogen-bond acceptors (Lipinski definition) is 7. The molecule has 2 aliphatic heterocycles. The summed E-state index contributed by atoms with van der Waals surface area (Å²) in [6.07, 6.45) is -3.43. The lowest BCUT2D eigenvalue weighted by Gasteiger charge is -2.26. The molecule has 2 aromatic carbocycles. The molecule has 5 unspecified atom stereocenters. The molecule has 0 aliphatic carbocycles. The van der Waals surface area contributed by atoms with Crippen LogP contribution < -0.4 is 0 Å². The van der Waals surface area contributed by atoms with E-state index in [2.05, 4.69) is 18.2 Å². The zero-order chi connectivity index (χ0) is 24.0. The molecule has 0 radical (unpaired) electrons. The number of rotatable bonds is 5. The Kier molecular flexibility index (Phi) is 6.07. The molecule has 0 amide bonds. The van der Waals surface area contributed by atoms with Crippen LogP contribution in [0.2, 0.25) is 0 Å². The first-order valence-electron chi connectivity index (χ1n) is 11.3. The molecule has 3 aromatic rings. The van der Waals surface area contributed by atoms with Gasteiger partial charge in [-0.1, -0.05) is 30.3 Å². The van der Waals surface area contributed by atoms with Crippen molar-refractivity contribution in [1.82, 2.24) is 0 Å². The normalized spacial score (nSPS) is 26.2. The third-order valence-electron chi connectivity index (χ3n) is 6.38. The number of aryl methyl sites for hydroxylation is 1. The van der Waals surface area contributed by atoms with Gasteiger partial charge >= 0.3 is 0 Å². The van der Waals surface area contributed by atoms with Crippen molar-refractivity contribution < 1.29 is 24.4 Å². The maximum absolute atomic E-state index is 11.0. The van der Waals surface area contributed by atoms with E-state index in [4.69, 9.17) is 19.5 Å². The summed E-state index contributed by atoms with van der Waals surface area (Å²) in [5.74, 6) is -0.821. The second-order valence-electron chi connectivity index (χ2n) is 9.33. The van der Waals surface area contributed by atoms with Crippen molar-refractivity contribution in [2.24, 2.45) is 0 Å². The highest BCUT2D eigenvalue weighted by Gasteiger charge is 2.56. The van der Waals surface area contributed by atoms with E-state index >= 15 is 0 Å². The standard InChI is InChI=1S/C27H27NO5S/c1-15-7-8-18(22(29)24-23(30)25-26(31-24)33-27(2,3)32-25)12-19(15)13-20-9-10-21(34-20)17-6-4-5-16(11-17)14-28/h4-12,22-26,29-30H,13H2,1-3H3. The maximum Gasteiger partial charge on any atom is 0.190 e. The van der Waals surface area contributed by atoms with Crippen molar-refractivity contribution in [1.29, 1.82) is 5.26 Å². The molecule has 7 heteroatoms. The van der Waals surface area contributed by atoms with Crippen LogP contribution in [0.4, 0.5) is 0 Å². The SMILES string of the molecule is Cc1ccc(C(O)C2OC3OC(C)(C)OC3C2O)cc1Cc1ccc(-c2cccc(C#N)c2)s1. The fourth-order valence-corrected chi connectivity index (χ4v) is 5.62. The molecule has 2 N–H and O–H groups in total. The molecule has 3 heterocycles. The maximum atomic E-state index is 11.0. The molecule has 176 valence electrons. The number of ether oxygens (including phenoxy) is 3. The number of thiophene rings is 1. The van der Waals surface area contributed by atoms with Gasteiger partial charge in [-0.3, -0.25) is 0 Å². The molecule has 2 saturated heterocycles. The summed E-state index contributed by atoms with van der Waals surface area (Å²) in [6, 6.07) is 19.8. The number of aliphatic hydroxyl groups is 2. The van der Waals surface area contributed by atoms with Crippen LogP contribution in [0.25, 0.3) is 10.4 Å². The van der Waals surface area contributed by atoms with Crippen LogP contribution in [0.3, 0.4) is 0 Å². The third-order valence-corrected chi connectivity index (χ3v) is 7.52. The Morgan fingerprint density at radius 3 is 2.71 bits per heavy atom. The highest BCUT2D eigenvalue weighted by atomic mass is 32.1. The number of hydrogen-bond donors (Lipinski definition) is 2. The number of benzene rings is 2. The summed E-state index contributed by atoms with van der Waals surface area (Å²) in [7, 11) is 0. The minimum atomic E-state index is -1.01. The van der Waals surface area contributed by atoms with Gasteiger partial charge in [-0.05, 0) is 67.3 Å². The van der Waals surface area contributed by atoms with Gasteiger partial charge in [0.05, 0.1) is 11.6 Å². The topological polar surface area (TPSA) is 91.9 Å². The molecular weight excluding hydrogens is 450 g/mol. The lowest BCUT2D eigenvalue weighted by atomic mass is 9.94. The van der Waals surface area contributed by atoms with Gasteiger partial charge in [0, 0.05) is 16.2 Å². The van der Waals surface area contributed by atoms with Gasteiger partial charge in [0.1, 0.15) is 24.4 Å². The van der Waals surface area contributed by atoms with E-state index in [9.17, 15) is 10.2 Å². The Morgan fingerprint density at radius 2 is 1.94 bits per heavy atom. The van der Waals surface area contributed by atoms with Gasteiger partial charge in [-0.15, -0.1) is 11.3 Å². The van der Waals surface area contributed by atoms with E-state index in [1.54, 1.807) is 31.3 Å². The number of fused-ring (bicyclic) bond motifs is 1. The minimum Gasteiger partial charge on any atom is -0.387 e. The van der Waals surface area contributed by atoms with Gasteiger partial charge in [0.25, 0.3) is 0 Å². The summed E-state index contributed by atoms with van der Waals surface area (Å²) >= 11 is 1.69. The molecule has 0 spiro atoms. The van der Waals surface area contributed by atoms with E-state index < -0.39 is 36.5 Å². The molecule has 34 heavy (non-hydrogen) atoms. The summed E-state index contributed by atoms with van der Waals surface area (Å²) in [5, 5.41) is 30.9. The van der Waals surface area contributed by atoms with Gasteiger partial charge in [0.15, 0.2) is 12.1 Å². The molecule has 2 fully saturated rings. The number of nitrogens with zero attached hydrogens (tertiary/aromatic N) is 1. The second-order valence-corrected chi connectivity index (χ2v) is 10.5. The van der Waals surface area contributed by atoms with E-state index in [1.807, 2.05) is 43.3 Å². The van der Waals surface area contributed by atoms with Gasteiger partial charge in [0.2, 0.25) is 0 Å². The lowest BCUT2D eigenvalue weighted by Crippen LogP contribution is -2.37. The van der Waals surface area contributed by atoms with E-state index in [1.165, 1.54) is 4.88 Å². The highest BCUT2D eigenvalue weighted by Crippen LogP contribution is 2.41. The predicted molar refractivity (Wildman–Crippen MR) is 128 cm³/mol. The molecule has 6 nitrogen and oxygen atoms in total. The predicted octanol–water partition coefficient (Wildman–Crippen LogP) is 4.46. The fraction of sp³-hybridized carbons (Fsp3) is 0.370. The number of nitriles is 1. The minimum absolute atomic E-state index is 0.622. The van der Waals surface area contributed by atoms with E-state index in [-0.39, 0.29) is 0 Å². The van der Waals surface area contributed by atoms with Gasteiger partial charge in [-0.25, -0.2) is 0 Å². The molecule has 2 aliphatic rings. The summed E-state index contributed by atoms with van der Waals surface area (Å²) < 4.78 is 17.3. The van der Waals surface area contributed by atoms with Crippen molar-refractivity contribution in [2.75, 3.05) is 0 Å².